The number of hydrogen-bond acceptors (Lipinski definition) is 4. The molecule has 0 aromatic rings. The Morgan fingerprint density at radius 1 is 0.957 bits per heavy atom. The predicted molar refractivity (Wildman–Crippen MR) is 89.0 cm³/mol. The van der Waals surface area contributed by atoms with Crippen LogP contribution in [0, 0.1) is 0 Å². The zero-order valence-electron chi connectivity index (χ0n) is 14.1. The third-order valence-electron chi connectivity index (χ3n) is 4.40. The lowest BCUT2D eigenvalue weighted by Crippen LogP contribution is -2.56. The average Bonchev–Trinajstić information content (AvgIpc) is 2.61. The fraction of sp³-hybridized carbons (Fsp3) is 0.647. The van der Waals surface area contributed by atoms with Gasteiger partial charge in [0.15, 0.2) is 0 Å². The van der Waals surface area contributed by atoms with Crippen molar-refractivity contribution in [1.29, 1.82) is 0 Å². The fourth-order valence-corrected chi connectivity index (χ4v) is 2.89. The van der Waals surface area contributed by atoms with Crippen LogP contribution in [0.1, 0.15) is 13.8 Å². The molecule has 6 heteroatoms. The van der Waals surface area contributed by atoms with Crippen LogP contribution in [-0.4, -0.2) is 85.0 Å². The monoisotopic (exact) mass is 321 g/mol. The highest BCUT2D eigenvalue weighted by atomic mass is 16.5. The molecule has 0 aromatic heterocycles. The number of carbonyl (C=O) groups is 2. The maximum Gasteiger partial charge on any atom is 0.246 e. The standard InChI is InChI=1S/C17H27N3O3/c1-3-4-5-6-16(21)19-9-7-18(8-10-19)15(2)17(22)20-11-13-23-14-12-20/h3-6,15H,7-14H2,1-2H3/b4-3+,6-5+/t15-/m0/s1. The molecular weight excluding hydrogens is 294 g/mol. The Morgan fingerprint density at radius 2 is 1.61 bits per heavy atom. The molecule has 2 aliphatic rings. The van der Waals surface area contributed by atoms with E-state index in [2.05, 4.69) is 4.90 Å². The van der Waals surface area contributed by atoms with Crippen molar-refractivity contribution in [1.82, 2.24) is 14.7 Å². The van der Waals surface area contributed by atoms with Gasteiger partial charge in [-0.3, -0.25) is 14.5 Å². The molecule has 2 heterocycles. The van der Waals surface area contributed by atoms with Gasteiger partial charge in [-0.25, -0.2) is 0 Å². The average molecular weight is 321 g/mol. The predicted octanol–water partition coefficient (Wildman–Crippen LogP) is 0.510. The fourth-order valence-electron chi connectivity index (χ4n) is 2.89. The van der Waals surface area contributed by atoms with E-state index >= 15 is 0 Å². The van der Waals surface area contributed by atoms with E-state index in [1.807, 2.05) is 35.8 Å². The van der Waals surface area contributed by atoms with Gasteiger partial charge >= 0.3 is 0 Å². The summed E-state index contributed by atoms with van der Waals surface area (Å²) < 4.78 is 5.29. The molecule has 2 aliphatic heterocycles. The molecule has 128 valence electrons. The molecule has 0 N–H and O–H groups in total. The molecule has 0 aliphatic carbocycles. The Morgan fingerprint density at radius 3 is 2.22 bits per heavy atom. The van der Waals surface area contributed by atoms with Crippen LogP contribution in [0.2, 0.25) is 0 Å². The molecule has 1 atom stereocenters. The Labute approximate surface area is 138 Å². The van der Waals surface area contributed by atoms with E-state index < -0.39 is 0 Å². The first-order valence-corrected chi connectivity index (χ1v) is 8.32. The molecule has 23 heavy (non-hydrogen) atoms. The van der Waals surface area contributed by atoms with Crippen molar-refractivity contribution >= 4 is 11.8 Å². The first kappa shape index (κ1) is 17.7. The minimum absolute atomic E-state index is 0.0370. The number of hydrogen-bond donors (Lipinski definition) is 0. The number of ether oxygens (including phenoxy) is 1. The number of amides is 2. The highest BCUT2D eigenvalue weighted by molar-refractivity contribution is 5.88. The van der Waals surface area contributed by atoms with Crippen LogP contribution >= 0.6 is 0 Å². The summed E-state index contributed by atoms with van der Waals surface area (Å²) in [5, 5.41) is 0. The zero-order valence-corrected chi connectivity index (χ0v) is 14.1. The number of rotatable bonds is 4. The Hall–Kier alpha value is -1.66. The van der Waals surface area contributed by atoms with Crippen LogP contribution in [0.4, 0.5) is 0 Å². The van der Waals surface area contributed by atoms with Crippen LogP contribution in [-0.2, 0) is 14.3 Å². The first-order chi connectivity index (χ1) is 11.1. The largest absolute Gasteiger partial charge is 0.378 e. The Bertz CT molecular complexity index is 462. The van der Waals surface area contributed by atoms with Gasteiger partial charge in [-0.2, -0.15) is 0 Å². The molecule has 0 bridgehead atoms. The van der Waals surface area contributed by atoms with Crippen LogP contribution in [0.5, 0.6) is 0 Å². The van der Waals surface area contributed by atoms with E-state index in [1.54, 1.807) is 12.2 Å². The minimum Gasteiger partial charge on any atom is -0.378 e. The first-order valence-electron chi connectivity index (χ1n) is 8.32. The molecular formula is C17H27N3O3. The minimum atomic E-state index is -0.135. The molecule has 0 spiro atoms. The number of allylic oxidation sites excluding steroid dienone is 3. The summed E-state index contributed by atoms with van der Waals surface area (Å²) in [7, 11) is 0. The molecule has 2 fully saturated rings. The topological polar surface area (TPSA) is 53.1 Å². The summed E-state index contributed by atoms with van der Waals surface area (Å²) in [6.45, 7) is 9.29. The van der Waals surface area contributed by atoms with Gasteiger partial charge in [-0.05, 0) is 13.8 Å². The molecule has 6 nitrogen and oxygen atoms in total. The van der Waals surface area contributed by atoms with Gasteiger partial charge in [0, 0.05) is 45.3 Å². The lowest BCUT2D eigenvalue weighted by molar-refractivity contribution is -0.141. The van der Waals surface area contributed by atoms with Crippen molar-refractivity contribution in [2.24, 2.45) is 0 Å². The molecule has 2 rings (SSSR count). The van der Waals surface area contributed by atoms with Crippen molar-refractivity contribution in [3.8, 4) is 0 Å². The second-order valence-corrected chi connectivity index (χ2v) is 5.86. The molecule has 0 aromatic carbocycles. The van der Waals surface area contributed by atoms with Crippen LogP contribution in [0.25, 0.3) is 0 Å². The third kappa shape index (κ3) is 4.91. The second-order valence-electron chi connectivity index (χ2n) is 5.86. The smallest absolute Gasteiger partial charge is 0.246 e. The normalized spacial score (nSPS) is 22.0. The van der Waals surface area contributed by atoms with Crippen molar-refractivity contribution in [3.63, 3.8) is 0 Å². The van der Waals surface area contributed by atoms with Gasteiger partial charge in [0.2, 0.25) is 11.8 Å². The van der Waals surface area contributed by atoms with E-state index in [9.17, 15) is 9.59 Å². The number of carbonyl (C=O) groups excluding carboxylic acids is 2. The van der Waals surface area contributed by atoms with E-state index in [0.717, 1.165) is 13.1 Å². The van der Waals surface area contributed by atoms with Crippen LogP contribution in [0.3, 0.4) is 0 Å². The SMILES string of the molecule is C/C=C/C=C/C(=O)N1CCN([C@@H](C)C(=O)N2CCOCC2)CC1. The summed E-state index contributed by atoms with van der Waals surface area (Å²) in [5.41, 5.74) is 0. The van der Waals surface area contributed by atoms with Crippen LogP contribution in [0.15, 0.2) is 24.3 Å². The van der Waals surface area contributed by atoms with Gasteiger partial charge in [0.1, 0.15) is 0 Å². The quantitative estimate of drug-likeness (QED) is 0.559. The van der Waals surface area contributed by atoms with Gasteiger partial charge < -0.3 is 14.5 Å². The third-order valence-corrected chi connectivity index (χ3v) is 4.40. The van der Waals surface area contributed by atoms with Crippen molar-refractivity contribution in [2.75, 3.05) is 52.5 Å². The summed E-state index contributed by atoms with van der Waals surface area (Å²) in [6, 6.07) is -0.135. The lowest BCUT2D eigenvalue weighted by atomic mass is 10.2. The van der Waals surface area contributed by atoms with Crippen molar-refractivity contribution < 1.29 is 14.3 Å². The summed E-state index contributed by atoms with van der Waals surface area (Å²) in [5.74, 6) is 0.205. The Balaban J connectivity index is 1.81. The van der Waals surface area contributed by atoms with Crippen molar-refractivity contribution in [3.05, 3.63) is 24.3 Å². The maximum absolute atomic E-state index is 12.5. The molecule has 0 saturated carbocycles. The van der Waals surface area contributed by atoms with Gasteiger partial charge in [0.05, 0.1) is 19.3 Å². The summed E-state index contributed by atoms with van der Waals surface area (Å²) in [4.78, 5) is 30.4. The van der Waals surface area contributed by atoms with Crippen LogP contribution < -0.4 is 0 Å². The second kappa shape index (κ2) is 8.84. The molecule has 0 radical (unpaired) electrons. The van der Waals surface area contributed by atoms with E-state index in [-0.39, 0.29) is 17.9 Å². The number of nitrogens with zero attached hydrogens (tertiary/aromatic N) is 3. The van der Waals surface area contributed by atoms with E-state index in [0.29, 0.717) is 39.4 Å². The lowest BCUT2D eigenvalue weighted by Gasteiger charge is -2.39. The highest BCUT2D eigenvalue weighted by Gasteiger charge is 2.30. The van der Waals surface area contributed by atoms with E-state index in [1.165, 1.54) is 0 Å². The van der Waals surface area contributed by atoms with E-state index in [4.69, 9.17) is 4.74 Å². The number of morpholine rings is 1. The molecule has 2 amide bonds. The van der Waals surface area contributed by atoms with Gasteiger partial charge in [-0.15, -0.1) is 0 Å². The zero-order chi connectivity index (χ0) is 16.7. The molecule has 0 unspecified atom stereocenters. The number of piperazine rings is 1. The van der Waals surface area contributed by atoms with Gasteiger partial charge in [-0.1, -0.05) is 18.2 Å². The highest BCUT2D eigenvalue weighted by Crippen LogP contribution is 2.11. The Kier molecular flexibility index (Phi) is 6.80. The summed E-state index contributed by atoms with van der Waals surface area (Å²) in [6.07, 6.45) is 7.09. The maximum atomic E-state index is 12.5. The summed E-state index contributed by atoms with van der Waals surface area (Å²) >= 11 is 0. The van der Waals surface area contributed by atoms with Crippen molar-refractivity contribution in [2.45, 2.75) is 19.9 Å². The van der Waals surface area contributed by atoms with Gasteiger partial charge in [0.25, 0.3) is 0 Å². The molecule has 2 saturated heterocycles.